The van der Waals surface area contributed by atoms with Gasteiger partial charge in [0.05, 0.1) is 0 Å². The summed E-state index contributed by atoms with van der Waals surface area (Å²) >= 11 is 0. The molecule has 0 spiro atoms. The van der Waals surface area contributed by atoms with Gasteiger partial charge in [-0.2, -0.15) is 0 Å². The van der Waals surface area contributed by atoms with Gasteiger partial charge in [0.15, 0.2) is 11.4 Å². The van der Waals surface area contributed by atoms with E-state index >= 15 is 0 Å². The molecule has 0 saturated carbocycles. The maximum absolute atomic E-state index is 12.7. The third-order valence-corrected chi connectivity index (χ3v) is 5.96. The van der Waals surface area contributed by atoms with Gasteiger partial charge in [0.2, 0.25) is 0 Å². The molecule has 0 unspecified atom stereocenters. The van der Waals surface area contributed by atoms with E-state index in [1.54, 1.807) is 19.9 Å². The zero-order valence-electron chi connectivity index (χ0n) is 23.5. The number of esters is 1. The molecule has 0 heterocycles. The van der Waals surface area contributed by atoms with Crippen molar-refractivity contribution in [1.82, 2.24) is 0 Å². The van der Waals surface area contributed by atoms with Gasteiger partial charge in [-0.1, -0.05) is 62.9 Å². The summed E-state index contributed by atoms with van der Waals surface area (Å²) in [5.41, 5.74) is 2.94. The largest absolute Gasteiger partial charge is 0.476 e. The fourth-order valence-electron chi connectivity index (χ4n) is 3.98. The second kappa shape index (κ2) is 12.9. The van der Waals surface area contributed by atoms with Gasteiger partial charge in [-0.05, 0) is 102 Å². The van der Waals surface area contributed by atoms with Crippen molar-refractivity contribution in [3.63, 3.8) is 0 Å². The van der Waals surface area contributed by atoms with Gasteiger partial charge < -0.3 is 9.47 Å². The molecule has 0 aliphatic rings. The Morgan fingerprint density at radius 3 is 2.00 bits per heavy atom. The normalized spacial score (nSPS) is 12.1. The molecule has 0 fully saturated rings. The third kappa shape index (κ3) is 9.29. The molecule has 4 heteroatoms. The van der Waals surface area contributed by atoms with E-state index in [0.717, 1.165) is 23.1 Å². The molecule has 0 aliphatic heterocycles. The van der Waals surface area contributed by atoms with Crippen LogP contribution in [0.5, 0.6) is 5.75 Å². The van der Waals surface area contributed by atoms with Crippen LogP contribution in [0.2, 0.25) is 0 Å². The molecule has 4 nitrogen and oxygen atoms in total. The predicted molar refractivity (Wildman–Crippen MR) is 149 cm³/mol. The zero-order valence-corrected chi connectivity index (χ0v) is 23.5. The minimum absolute atomic E-state index is 0.0220. The lowest BCUT2D eigenvalue weighted by atomic mass is 10.0. The molecule has 0 saturated heterocycles. The molecule has 0 amide bonds. The number of allylic oxidation sites excluding steroid dienone is 1. The Hall–Kier alpha value is -2.88. The van der Waals surface area contributed by atoms with Crippen LogP contribution in [0.25, 0.3) is 6.08 Å². The van der Waals surface area contributed by atoms with E-state index in [9.17, 15) is 9.59 Å². The Morgan fingerprint density at radius 1 is 0.861 bits per heavy atom. The number of aryl methyl sites for hydroxylation is 3. The highest BCUT2D eigenvalue weighted by molar-refractivity contribution is 6.06. The second-order valence-electron chi connectivity index (χ2n) is 11.2. The topological polar surface area (TPSA) is 52.6 Å². The summed E-state index contributed by atoms with van der Waals surface area (Å²) in [6.45, 7) is 15.0. The number of ether oxygens (including phenoxy) is 2. The van der Waals surface area contributed by atoms with Crippen LogP contribution in [-0.2, 0) is 16.0 Å². The van der Waals surface area contributed by atoms with Gasteiger partial charge in [-0.15, -0.1) is 0 Å². The molecular formula is C32H44O4. The van der Waals surface area contributed by atoms with E-state index in [1.165, 1.54) is 37.7 Å². The minimum atomic E-state index is -1.13. The van der Waals surface area contributed by atoms with E-state index in [4.69, 9.17) is 9.47 Å². The van der Waals surface area contributed by atoms with Crippen LogP contribution in [0.4, 0.5) is 0 Å². The molecular weight excluding hydrogens is 448 g/mol. The number of hydrogen-bond donors (Lipinski definition) is 0. The number of rotatable bonds is 12. The molecule has 0 bridgehead atoms. The molecule has 0 aliphatic carbocycles. The maximum atomic E-state index is 12.7. The molecule has 0 aromatic heterocycles. The third-order valence-electron chi connectivity index (χ3n) is 5.96. The van der Waals surface area contributed by atoms with Crippen LogP contribution in [0.3, 0.4) is 0 Å². The number of ketones is 1. The molecule has 196 valence electrons. The van der Waals surface area contributed by atoms with Crippen molar-refractivity contribution in [3.05, 3.63) is 70.3 Å². The van der Waals surface area contributed by atoms with Crippen LogP contribution in [-0.4, -0.2) is 23.0 Å². The summed E-state index contributed by atoms with van der Waals surface area (Å²) in [6, 6.07) is 11.9. The lowest BCUT2D eigenvalue weighted by molar-refractivity contribution is -0.171. The Morgan fingerprint density at radius 2 is 1.44 bits per heavy atom. The van der Waals surface area contributed by atoms with Gasteiger partial charge >= 0.3 is 5.97 Å². The van der Waals surface area contributed by atoms with Crippen molar-refractivity contribution in [2.45, 2.75) is 105 Å². The zero-order chi connectivity index (χ0) is 26.9. The van der Waals surface area contributed by atoms with Crippen molar-refractivity contribution < 1.29 is 19.1 Å². The van der Waals surface area contributed by atoms with Crippen LogP contribution < -0.4 is 4.74 Å². The molecule has 2 aromatic carbocycles. The van der Waals surface area contributed by atoms with E-state index in [2.05, 4.69) is 19.1 Å². The highest BCUT2D eigenvalue weighted by Crippen LogP contribution is 2.30. The maximum Gasteiger partial charge on any atom is 0.350 e. The highest BCUT2D eigenvalue weighted by Gasteiger charge is 2.35. The standard InChI is InChI=1S/C32H44O4/c1-9-10-11-12-13-14-25-15-18-27(19-16-25)28(33)20-17-26-21-23(2)29(24(3)22-26)35-32(7,8)30(34)36-31(4,5)6/h15-22H,9-14H2,1-8H3/b20-17+. The van der Waals surface area contributed by atoms with Gasteiger partial charge in [-0.3, -0.25) is 4.79 Å². The summed E-state index contributed by atoms with van der Waals surface area (Å²) in [6.07, 6.45) is 10.8. The summed E-state index contributed by atoms with van der Waals surface area (Å²) in [4.78, 5) is 25.3. The first-order chi connectivity index (χ1) is 16.8. The van der Waals surface area contributed by atoms with Crippen LogP contribution >= 0.6 is 0 Å². The van der Waals surface area contributed by atoms with Crippen LogP contribution in [0, 0.1) is 13.8 Å². The average Bonchev–Trinajstić information content (AvgIpc) is 2.79. The molecule has 36 heavy (non-hydrogen) atoms. The number of carbonyl (C=O) groups is 2. The van der Waals surface area contributed by atoms with Gasteiger partial charge in [0.1, 0.15) is 11.4 Å². The lowest BCUT2D eigenvalue weighted by Gasteiger charge is -2.30. The van der Waals surface area contributed by atoms with E-state index in [1.807, 2.05) is 65.0 Å². The summed E-state index contributed by atoms with van der Waals surface area (Å²) in [5, 5.41) is 0. The molecule has 0 N–H and O–H groups in total. The van der Waals surface area contributed by atoms with Crippen molar-refractivity contribution in [1.29, 1.82) is 0 Å². The SMILES string of the molecule is CCCCCCCc1ccc(C(=O)/C=C/c2cc(C)c(OC(C)(C)C(=O)OC(C)(C)C)c(C)c2)cc1. The van der Waals surface area contributed by atoms with Gasteiger partial charge in [-0.25, -0.2) is 4.79 Å². The summed E-state index contributed by atoms with van der Waals surface area (Å²) in [5.74, 6) is 0.219. The quantitative estimate of drug-likeness (QED) is 0.130. The van der Waals surface area contributed by atoms with Crippen molar-refractivity contribution in [3.8, 4) is 5.75 Å². The number of unbranched alkanes of at least 4 members (excludes halogenated alkanes) is 4. The summed E-state index contributed by atoms with van der Waals surface area (Å²) in [7, 11) is 0. The highest BCUT2D eigenvalue weighted by atomic mass is 16.6. The smallest absolute Gasteiger partial charge is 0.350 e. The Bertz CT molecular complexity index is 1030. The van der Waals surface area contributed by atoms with Crippen molar-refractivity contribution in [2.75, 3.05) is 0 Å². The van der Waals surface area contributed by atoms with Crippen molar-refractivity contribution >= 4 is 17.8 Å². The first-order valence-corrected chi connectivity index (χ1v) is 13.2. The average molecular weight is 493 g/mol. The Balaban J connectivity index is 2.04. The number of carbonyl (C=O) groups excluding carboxylic acids is 2. The van der Waals surface area contributed by atoms with Crippen molar-refractivity contribution in [2.24, 2.45) is 0 Å². The van der Waals surface area contributed by atoms with Gasteiger partial charge in [0.25, 0.3) is 0 Å². The van der Waals surface area contributed by atoms with Crippen LogP contribution in [0.1, 0.15) is 106 Å². The van der Waals surface area contributed by atoms with E-state index in [0.29, 0.717) is 11.3 Å². The fraction of sp³-hybridized carbons (Fsp3) is 0.500. The molecule has 0 atom stereocenters. The Kier molecular flexibility index (Phi) is 10.5. The van der Waals surface area contributed by atoms with E-state index in [-0.39, 0.29) is 5.78 Å². The molecule has 0 radical (unpaired) electrons. The first-order valence-electron chi connectivity index (χ1n) is 13.2. The van der Waals surface area contributed by atoms with Crippen LogP contribution in [0.15, 0.2) is 42.5 Å². The lowest BCUT2D eigenvalue weighted by Crippen LogP contribution is -2.43. The summed E-state index contributed by atoms with van der Waals surface area (Å²) < 4.78 is 11.6. The molecule has 2 rings (SSSR count). The fourth-order valence-corrected chi connectivity index (χ4v) is 3.98. The Labute approximate surface area is 218 Å². The number of hydrogen-bond acceptors (Lipinski definition) is 4. The number of benzene rings is 2. The second-order valence-corrected chi connectivity index (χ2v) is 11.2. The minimum Gasteiger partial charge on any atom is -0.476 e. The van der Waals surface area contributed by atoms with Gasteiger partial charge in [0, 0.05) is 5.56 Å². The monoisotopic (exact) mass is 492 g/mol. The first kappa shape index (κ1) is 29.4. The molecule has 2 aromatic rings. The van der Waals surface area contributed by atoms with E-state index < -0.39 is 17.2 Å². The predicted octanol–water partition coefficient (Wildman–Crippen LogP) is 8.21.